The number of rotatable bonds is 8. The minimum atomic E-state index is -3.73. The normalized spacial score (nSPS) is 19.6. The van der Waals surface area contributed by atoms with Crippen molar-refractivity contribution in [3.63, 3.8) is 0 Å². The number of carbonyl (C=O) groups is 1. The molecule has 1 amide bonds. The van der Waals surface area contributed by atoms with Gasteiger partial charge in [0.05, 0.1) is 17.1 Å². The highest BCUT2D eigenvalue weighted by Gasteiger charge is 2.32. The van der Waals surface area contributed by atoms with Crippen molar-refractivity contribution >= 4 is 27.7 Å². The summed E-state index contributed by atoms with van der Waals surface area (Å²) < 4.78 is 46.5. The fourth-order valence-electron chi connectivity index (χ4n) is 3.88. The van der Waals surface area contributed by atoms with Crippen molar-refractivity contribution in [1.29, 1.82) is 0 Å². The molecule has 2 atom stereocenters. The third kappa shape index (κ3) is 6.10. The number of nitrogens with one attached hydrogen (secondary N) is 1. The van der Waals surface area contributed by atoms with E-state index in [1.54, 1.807) is 18.2 Å². The highest BCUT2D eigenvalue weighted by molar-refractivity contribution is 7.99. The number of nitrogens with zero attached hydrogens (tertiary/aromatic N) is 1. The summed E-state index contributed by atoms with van der Waals surface area (Å²) >= 11 is 1.28. The lowest BCUT2D eigenvalue weighted by molar-refractivity contribution is 0.0934. The van der Waals surface area contributed by atoms with Crippen molar-refractivity contribution in [3.8, 4) is 0 Å². The van der Waals surface area contributed by atoms with Crippen LogP contribution in [0.4, 0.5) is 4.39 Å². The Morgan fingerprint density at radius 2 is 1.81 bits per heavy atom. The van der Waals surface area contributed by atoms with Crippen LogP contribution >= 0.6 is 11.8 Å². The molecule has 1 aliphatic rings. The van der Waals surface area contributed by atoms with Crippen molar-refractivity contribution in [3.05, 3.63) is 53.8 Å². The molecule has 32 heavy (non-hydrogen) atoms. The number of ether oxygens (including phenoxy) is 1. The first-order valence-electron chi connectivity index (χ1n) is 10.6. The molecule has 0 spiro atoms. The number of sulfonamides is 1. The van der Waals surface area contributed by atoms with Crippen LogP contribution in [0.5, 0.6) is 0 Å². The smallest absolute Gasteiger partial charge is 0.252 e. The molecule has 2 aromatic carbocycles. The van der Waals surface area contributed by atoms with Crippen LogP contribution in [0.1, 0.15) is 30.6 Å². The van der Waals surface area contributed by atoms with E-state index in [0.717, 1.165) is 11.3 Å². The number of hydrogen-bond donors (Lipinski definition) is 1. The third-order valence-corrected chi connectivity index (χ3v) is 8.21. The summed E-state index contributed by atoms with van der Waals surface area (Å²) in [5.74, 6) is -0.181. The molecule has 0 saturated carbocycles. The largest absolute Gasteiger partial charge is 0.383 e. The summed E-state index contributed by atoms with van der Waals surface area (Å²) in [5, 5.41) is 2.76. The van der Waals surface area contributed by atoms with E-state index in [4.69, 9.17) is 4.74 Å². The zero-order valence-electron chi connectivity index (χ0n) is 18.5. The Labute approximate surface area is 193 Å². The maximum Gasteiger partial charge on any atom is 0.252 e. The molecule has 174 valence electrons. The number of piperidine rings is 1. The number of halogens is 1. The van der Waals surface area contributed by atoms with E-state index in [1.807, 2.05) is 0 Å². The second-order valence-electron chi connectivity index (χ2n) is 8.23. The lowest BCUT2D eigenvalue weighted by Gasteiger charge is -2.34. The SMILES string of the molecule is COCCNC(=O)c1cc(S(=O)(=O)N2C[C@H](C)C[C@H](C)C2)ccc1Sc1ccc(F)cc1. The van der Waals surface area contributed by atoms with Gasteiger partial charge in [0.15, 0.2) is 0 Å². The quantitative estimate of drug-likeness (QED) is 0.578. The molecule has 3 rings (SSSR count). The predicted octanol–water partition coefficient (Wildman–Crippen LogP) is 4.02. The Bertz CT molecular complexity index is 1030. The molecule has 9 heteroatoms. The summed E-state index contributed by atoms with van der Waals surface area (Å²) in [6.07, 6.45) is 0.992. The van der Waals surface area contributed by atoms with Crippen LogP contribution in [0.2, 0.25) is 0 Å². The van der Waals surface area contributed by atoms with Crippen molar-refractivity contribution in [2.45, 2.75) is 35.0 Å². The van der Waals surface area contributed by atoms with Crippen LogP contribution in [0.25, 0.3) is 0 Å². The number of carbonyl (C=O) groups excluding carboxylic acids is 1. The molecule has 0 radical (unpaired) electrons. The maximum atomic E-state index is 13.3. The Morgan fingerprint density at radius 1 is 1.16 bits per heavy atom. The Balaban J connectivity index is 1.95. The standard InChI is InChI=1S/C23H29FN2O4S2/c1-16-12-17(2)15-26(14-16)32(28,29)20-8-9-22(31-19-6-4-18(24)5-7-19)21(13-20)23(27)25-10-11-30-3/h4-9,13,16-17H,10-12,14-15H2,1-3H3,(H,25,27)/t16-,17+. The van der Waals surface area contributed by atoms with Crippen LogP contribution in [0.3, 0.4) is 0 Å². The first kappa shape index (κ1) is 24.7. The van der Waals surface area contributed by atoms with E-state index in [9.17, 15) is 17.6 Å². The van der Waals surface area contributed by atoms with E-state index in [2.05, 4.69) is 19.2 Å². The molecule has 6 nitrogen and oxygen atoms in total. The van der Waals surface area contributed by atoms with Crippen LogP contribution in [-0.4, -0.2) is 52.0 Å². The summed E-state index contributed by atoms with van der Waals surface area (Å²) in [4.78, 5) is 14.3. The summed E-state index contributed by atoms with van der Waals surface area (Å²) in [6.45, 7) is 5.68. The fourth-order valence-corrected chi connectivity index (χ4v) is 6.51. The number of hydrogen-bond acceptors (Lipinski definition) is 5. The number of methoxy groups -OCH3 is 1. The van der Waals surface area contributed by atoms with Gasteiger partial charge in [-0.2, -0.15) is 4.31 Å². The van der Waals surface area contributed by atoms with E-state index in [-0.39, 0.29) is 34.0 Å². The van der Waals surface area contributed by atoms with Crippen LogP contribution in [0, 0.1) is 17.7 Å². The Morgan fingerprint density at radius 3 is 2.44 bits per heavy atom. The predicted molar refractivity (Wildman–Crippen MR) is 123 cm³/mol. The van der Waals surface area contributed by atoms with Gasteiger partial charge in [-0.15, -0.1) is 0 Å². The third-order valence-electron chi connectivity index (χ3n) is 5.30. The van der Waals surface area contributed by atoms with E-state index < -0.39 is 10.0 Å². The Hall–Kier alpha value is -1.94. The van der Waals surface area contributed by atoms with Gasteiger partial charge in [0.25, 0.3) is 5.91 Å². The fraction of sp³-hybridized carbons (Fsp3) is 0.435. The van der Waals surface area contributed by atoms with E-state index in [0.29, 0.717) is 31.1 Å². The highest BCUT2D eigenvalue weighted by atomic mass is 32.2. The topological polar surface area (TPSA) is 75.7 Å². The molecular weight excluding hydrogens is 451 g/mol. The minimum absolute atomic E-state index is 0.0964. The molecule has 1 N–H and O–H groups in total. The first-order chi connectivity index (χ1) is 15.2. The maximum absolute atomic E-state index is 13.3. The molecule has 0 aromatic heterocycles. The molecule has 1 fully saturated rings. The second kappa shape index (κ2) is 10.8. The average molecular weight is 481 g/mol. The highest BCUT2D eigenvalue weighted by Crippen LogP contribution is 2.34. The Kier molecular flexibility index (Phi) is 8.32. The molecule has 1 aliphatic heterocycles. The van der Waals surface area contributed by atoms with Gasteiger partial charge in [0.2, 0.25) is 10.0 Å². The van der Waals surface area contributed by atoms with Crippen molar-refractivity contribution < 1.29 is 22.3 Å². The average Bonchev–Trinajstić information content (AvgIpc) is 2.75. The lowest BCUT2D eigenvalue weighted by Crippen LogP contribution is -2.42. The minimum Gasteiger partial charge on any atom is -0.383 e. The van der Waals surface area contributed by atoms with Gasteiger partial charge in [0.1, 0.15) is 5.82 Å². The summed E-state index contributed by atoms with van der Waals surface area (Å²) in [7, 11) is -2.20. The van der Waals surface area contributed by atoms with Gasteiger partial charge in [-0.1, -0.05) is 25.6 Å². The van der Waals surface area contributed by atoms with Gasteiger partial charge in [-0.3, -0.25) is 4.79 Å². The molecule has 1 heterocycles. The zero-order chi connectivity index (χ0) is 23.3. The molecule has 2 aromatic rings. The van der Waals surface area contributed by atoms with Gasteiger partial charge < -0.3 is 10.1 Å². The van der Waals surface area contributed by atoms with E-state index >= 15 is 0 Å². The van der Waals surface area contributed by atoms with Crippen LogP contribution in [-0.2, 0) is 14.8 Å². The molecule has 0 bridgehead atoms. The second-order valence-corrected chi connectivity index (χ2v) is 11.3. The van der Waals surface area contributed by atoms with Gasteiger partial charge in [0, 0.05) is 36.5 Å². The van der Waals surface area contributed by atoms with E-state index in [1.165, 1.54) is 47.4 Å². The summed E-state index contributed by atoms with van der Waals surface area (Å²) in [5.41, 5.74) is 0.259. The van der Waals surface area contributed by atoms with Crippen LogP contribution in [0.15, 0.2) is 57.2 Å². The number of benzene rings is 2. The van der Waals surface area contributed by atoms with Crippen molar-refractivity contribution in [2.24, 2.45) is 11.8 Å². The van der Waals surface area contributed by atoms with Gasteiger partial charge >= 0.3 is 0 Å². The molecular formula is C23H29FN2O4S2. The van der Waals surface area contributed by atoms with Crippen molar-refractivity contribution in [1.82, 2.24) is 9.62 Å². The molecule has 0 unspecified atom stereocenters. The number of amides is 1. The molecule has 1 saturated heterocycles. The summed E-state index contributed by atoms with van der Waals surface area (Å²) in [6, 6.07) is 10.5. The van der Waals surface area contributed by atoms with Crippen molar-refractivity contribution in [2.75, 3.05) is 33.4 Å². The van der Waals surface area contributed by atoms with Crippen LogP contribution < -0.4 is 5.32 Å². The van der Waals surface area contributed by atoms with Gasteiger partial charge in [-0.05, 0) is 60.7 Å². The molecule has 0 aliphatic carbocycles. The van der Waals surface area contributed by atoms with Gasteiger partial charge in [-0.25, -0.2) is 12.8 Å². The first-order valence-corrected chi connectivity index (χ1v) is 12.8. The lowest BCUT2D eigenvalue weighted by atomic mass is 9.94. The zero-order valence-corrected chi connectivity index (χ0v) is 20.1. The monoisotopic (exact) mass is 480 g/mol.